The van der Waals surface area contributed by atoms with Crippen LogP contribution in [0, 0.1) is 0 Å². The number of carboxylic acid groups (broad SMARTS) is 1. The van der Waals surface area contributed by atoms with Crippen molar-refractivity contribution in [2.45, 2.75) is 6.04 Å². The van der Waals surface area contributed by atoms with Gasteiger partial charge in [0.15, 0.2) is 11.5 Å². The van der Waals surface area contributed by atoms with E-state index in [-0.39, 0.29) is 19.2 Å². The first kappa shape index (κ1) is 11.6. The van der Waals surface area contributed by atoms with E-state index in [1.165, 1.54) is 0 Å². The van der Waals surface area contributed by atoms with Crippen LogP contribution in [-0.2, 0) is 4.79 Å². The van der Waals surface area contributed by atoms with E-state index in [9.17, 15) is 4.79 Å². The van der Waals surface area contributed by atoms with Gasteiger partial charge in [-0.05, 0) is 17.7 Å². The molecule has 0 aliphatic carbocycles. The summed E-state index contributed by atoms with van der Waals surface area (Å²) in [7, 11) is 0. The third-order valence-electron chi connectivity index (χ3n) is 2.02. The first-order chi connectivity index (χ1) is 6.68. The van der Waals surface area contributed by atoms with Gasteiger partial charge in [0.2, 0.25) is 6.79 Å². The van der Waals surface area contributed by atoms with E-state index in [0.29, 0.717) is 17.1 Å². The van der Waals surface area contributed by atoms with Gasteiger partial charge in [0.25, 0.3) is 0 Å². The SMILES string of the molecule is Cl.NC(C(=O)O)c1ccc2c(c1)OCO2. The van der Waals surface area contributed by atoms with Crippen molar-refractivity contribution >= 4 is 18.4 Å². The number of ether oxygens (including phenoxy) is 2. The number of carboxylic acids is 1. The highest BCUT2D eigenvalue weighted by atomic mass is 35.5. The van der Waals surface area contributed by atoms with Crippen LogP contribution in [0.5, 0.6) is 11.5 Å². The average Bonchev–Trinajstić information content (AvgIpc) is 2.62. The molecule has 0 bridgehead atoms. The molecule has 0 fully saturated rings. The summed E-state index contributed by atoms with van der Waals surface area (Å²) in [6.07, 6.45) is 0. The zero-order valence-corrected chi connectivity index (χ0v) is 8.49. The molecule has 2 rings (SSSR count). The molecule has 3 N–H and O–H groups in total. The molecule has 1 atom stereocenters. The van der Waals surface area contributed by atoms with Crippen molar-refractivity contribution in [3.63, 3.8) is 0 Å². The van der Waals surface area contributed by atoms with E-state index in [1.807, 2.05) is 0 Å². The van der Waals surface area contributed by atoms with Crippen LogP contribution >= 0.6 is 12.4 Å². The van der Waals surface area contributed by atoms with Gasteiger partial charge in [-0.25, -0.2) is 0 Å². The van der Waals surface area contributed by atoms with Crippen molar-refractivity contribution in [1.82, 2.24) is 0 Å². The maximum absolute atomic E-state index is 10.6. The Balaban J connectivity index is 0.00000112. The van der Waals surface area contributed by atoms with Crippen LogP contribution < -0.4 is 15.2 Å². The minimum atomic E-state index is -1.07. The monoisotopic (exact) mass is 231 g/mol. The quantitative estimate of drug-likeness (QED) is 0.791. The average molecular weight is 232 g/mol. The Morgan fingerprint density at radius 1 is 1.40 bits per heavy atom. The Bertz CT molecular complexity index is 382. The molecule has 1 aliphatic heterocycles. The van der Waals surface area contributed by atoms with E-state index >= 15 is 0 Å². The summed E-state index contributed by atoms with van der Waals surface area (Å²) < 4.78 is 10.2. The zero-order valence-electron chi connectivity index (χ0n) is 7.67. The molecule has 0 saturated carbocycles. The third kappa shape index (κ3) is 2.14. The molecule has 0 aromatic heterocycles. The molecule has 1 heterocycles. The lowest BCUT2D eigenvalue weighted by atomic mass is 10.1. The first-order valence-corrected chi connectivity index (χ1v) is 4.06. The molecule has 1 aliphatic rings. The second-order valence-corrected chi connectivity index (χ2v) is 2.93. The largest absolute Gasteiger partial charge is 0.480 e. The van der Waals surface area contributed by atoms with Crippen molar-refractivity contribution in [2.75, 3.05) is 6.79 Å². The second-order valence-electron chi connectivity index (χ2n) is 2.93. The number of halogens is 1. The Kier molecular flexibility index (Phi) is 3.39. The molecule has 0 saturated heterocycles. The van der Waals surface area contributed by atoms with Gasteiger partial charge in [0.05, 0.1) is 0 Å². The molecule has 0 spiro atoms. The highest BCUT2D eigenvalue weighted by molar-refractivity contribution is 5.85. The fourth-order valence-electron chi connectivity index (χ4n) is 1.25. The molecule has 5 nitrogen and oxygen atoms in total. The minimum absolute atomic E-state index is 0. The Morgan fingerprint density at radius 2 is 2.07 bits per heavy atom. The highest BCUT2D eigenvalue weighted by Crippen LogP contribution is 2.33. The number of benzene rings is 1. The molecular formula is C9H10ClNO4. The lowest BCUT2D eigenvalue weighted by Gasteiger charge is -2.06. The summed E-state index contributed by atoms with van der Waals surface area (Å²) >= 11 is 0. The fourth-order valence-corrected chi connectivity index (χ4v) is 1.25. The zero-order chi connectivity index (χ0) is 10.1. The number of hydrogen-bond acceptors (Lipinski definition) is 4. The van der Waals surface area contributed by atoms with Crippen LogP contribution in [0.3, 0.4) is 0 Å². The summed E-state index contributed by atoms with van der Waals surface area (Å²) in [5.41, 5.74) is 5.94. The topological polar surface area (TPSA) is 81.8 Å². The Labute approximate surface area is 92.2 Å². The Hall–Kier alpha value is -1.46. The Morgan fingerprint density at radius 3 is 2.73 bits per heavy atom. The second kappa shape index (κ2) is 4.37. The number of rotatable bonds is 2. The summed E-state index contributed by atoms with van der Waals surface area (Å²) in [5.74, 6) is 0.0920. The summed E-state index contributed by atoms with van der Waals surface area (Å²) in [6, 6.07) is 3.83. The highest BCUT2D eigenvalue weighted by Gasteiger charge is 2.19. The number of hydrogen-bond donors (Lipinski definition) is 2. The van der Waals surface area contributed by atoms with Gasteiger partial charge >= 0.3 is 5.97 Å². The molecule has 0 amide bonds. The van der Waals surface area contributed by atoms with Crippen molar-refractivity contribution < 1.29 is 19.4 Å². The van der Waals surface area contributed by atoms with E-state index in [1.54, 1.807) is 18.2 Å². The maximum atomic E-state index is 10.6. The molecule has 0 radical (unpaired) electrons. The third-order valence-corrected chi connectivity index (χ3v) is 2.02. The van der Waals surface area contributed by atoms with Gasteiger partial charge in [-0.3, -0.25) is 4.79 Å². The predicted octanol–water partition coefficient (Wildman–Crippen LogP) is 0.921. The van der Waals surface area contributed by atoms with Crippen molar-refractivity contribution in [2.24, 2.45) is 5.73 Å². The van der Waals surface area contributed by atoms with Gasteiger partial charge in [-0.1, -0.05) is 6.07 Å². The van der Waals surface area contributed by atoms with Crippen molar-refractivity contribution in [1.29, 1.82) is 0 Å². The normalized spacial score (nSPS) is 14.2. The lowest BCUT2D eigenvalue weighted by molar-refractivity contribution is -0.138. The molecular weight excluding hydrogens is 222 g/mol. The molecule has 1 aromatic carbocycles. The minimum Gasteiger partial charge on any atom is -0.480 e. The van der Waals surface area contributed by atoms with E-state index in [0.717, 1.165) is 0 Å². The van der Waals surface area contributed by atoms with Crippen LogP contribution in [0.2, 0.25) is 0 Å². The van der Waals surface area contributed by atoms with Gasteiger partial charge in [0, 0.05) is 0 Å². The van der Waals surface area contributed by atoms with Gasteiger partial charge in [-0.2, -0.15) is 0 Å². The van der Waals surface area contributed by atoms with Crippen LogP contribution in [0.1, 0.15) is 11.6 Å². The van der Waals surface area contributed by atoms with E-state index in [2.05, 4.69) is 0 Å². The molecule has 1 aromatic rings. The van der Waals surface area contributed by atoms with E-state index < -0.39 is 12.0 Å². The molecule has 1 unspecified atom stereocenters. The van der Waals surface area contributed by atoms with Crippen LogP contribution in [0.25, 0.3) is 0 Å². The smallest absolute Gasteiger partial charge is 0.325 e. The number of aliphatic carboxylic acids is 1. The number of carbonyl (C=O) groups is 1. The summed E-state index contributed by atoms with van der Waals surface area (Å²) in [4.78, 5) is 10.6. The maximum Gasteiger partial charge on any atom is 0.325 e. The molecule has 15 heavy (non-hydrogen) atoms. The van der Waals surface area contributed by atoms with Crippen molar-refractivity contribution in [3.8, 4) is 11.5 Å². The first-order valence-electron chi connectivity index (χ1n) is 4.06. The summed E-state index contributed by atoms with van der Waals surface area (Å²) in [6.45, 7) is 0.168. The van der Waals surface area contributed by atoms with Crippen molar-refractivity contribution in [3.05, 3.63) is 23.8 Å². The van der Waals surface area contributed by atoms with Gasteiger partial charge in [0.1, 0.15) is 6.04 Å². The van der Waals surface area contributed by atoms with Crippen LogP contribution in [-0.4, -0.2) is 17.9 Å². The molecule has 6 heteroatoms. The lowest BCUT2D eigenvalue weighted by Crippen LogP contribution is -2.20. The predicted molar refractivity (Wildman–Crippen MR) is 54.4 cm³/mol. The van der Waals surface area contributed by atoms with E-state index in [4.69, 9.17) is 20.3 Å². The summed E-state index contributed by atoms with van der Waals surface area (Å²) in [5, 5.41) is 8.69. The van der Waals surface area contributed by atoms with Crippen LogP contribution in [0.15, 0.2) is 18.2 Å². The van der Waals surface area contributed by atoms with Crippen LogP contribution in [0.4, 0.5) is 0 Å². The standard InChI is InChI=1S/C9H9NO4.ClH/c10-8(9(11)12)5-1-2-6-7(3-5)14-4-13-6;/h1-3,8H,4,10H2,(H,11,12);1H. The molecule has 82 valence electrons. The number of fused-ring (bicyclic) bond motifs is 1. The van der Waals surface area contributed by atoms with Gasteiger partial charge in [-0.15, -0.1) is 12.4 Å². The number of nitrogens with two attached hydrogens (primary N) is 1. The fraction of sp³-hybridized carbons (Fsp3) is 0.222. The van der Waals surface area contributed by atoms with Gasteiger partial charge < -0.3 is 20.3 Å².